The van der Waals surface area contributed by atoms with E-state index < -0.39 is 0 Å². The Bertz CT molecular complexity index is 1360. The molecule has 35 heavy (non-hydrogen) atoms. The number of halogens is 3. The number of ether oxygens (including phenoxy) is 1. The molecule has 0 aliphatic carbocycles. The predicted octanol–water partition coefficient (Wildman–Crippen LogP) is 7.30. The third-order valence-electron chi connectivity index (χ3n) is 5.35. The lowest BCUT2D eigenvalue weighted by molar-refractivity contribution is 0.0955. The van der Waals surface area contributed by atoms with Crippen molar-refractivity contribution in [3.63, 3.8) is 0 Å². The summed E-state index contributed by atoms with van der Waals surface area (Å²) in [5.74, 6) is 0.460. The van der Waals surface area contributed by atoms with Gasteiger partial charge in [-0.3, -0.25) is 4.79 Å². The zero-order valence-electron chi connectivity index (χ0n) is 19.1. The van der Waals surface area contributed by atoms with E-state index in [4.69, 9.17) is 16.3 Å². The zero-order chi connectivity index (χ0) is 24.9. The second-order valence-corrected chi connectivity index (χ2v) is 10.6. The Kier molecular flexibility index (Phi) is 8.51. The van der Waals surface area contributed by atoms with Crippen LogP contribution in [-0.2, 0) is 6.61 Å². The molecule has 0 saturated carbocycles. The fourth-order valence-electron chi connectivity index (χ4n) is 3.65. The van der Waals surface area contributed by atoms with E-state index in [0.29, 0.717) is 17.2 Å². The monoisotopic (exact) mass is 709 g/mol. The highest BCUT2D eigenvalue weighted by Crippen LogP contribution is 2.29. The van der Waals surface area contributed by atoms with Crippen molar-refractivity contribution in [1.29, 1.82) is 0 Å². The number of aromatic nitrogens is 1. The molecule has 0 spiro atoms. The first kappa shape index (κ1) is 25.7. The van der Waals surface area contributed by atoms with Crippen molar-refractivity contribution >= 4 is 68.9 Å². The molecule has 0 fully saturated rings. The first-order chi connectivity index (χ1) is 16.8. The van der Waals surface area contributed by atoms with E-state index in [-0.39, 0.29) is 5.91 Å². The number of rotatable bonds is 7. The molecule has 0 saturated heterocycles. The number of amides is 1. The average Bonchev–Trinajstić information content (AvgIpc) is 3.16. The van der Waals surface area contributed by atoms with Gasteiger partial charge in [0.2, 0.25) is 0 Å². The number of aryl methyl sites for hydroxylation is 2. The standard InChI is InChI=1S/C27H22ClI2N3O2/c1-17-8-9-18(2)33(17)21-10-11-22(23(28)14-21)27(34)32-31-15-20-12-24(29)26(25(30)13-20)35-16-19-6-4-3-5-7-19/h3-15H,16H2,1-2H3,(H,32,34)/b31-15-. The average molecular weight is 710 g/mol. The van der Waals surface area contributed by atoms with E-state index in [1.807, 2.05) is 74.5 Å². The van der Waals surface area contributed by atoms with Crippen LogP contribution >= 0.6 is 56.8 Å². The Hall–Kier alpha value is -2.37. The highest BCUT2D eigenvalue weighted by atomic mass is 127. The van der Waals surface area contributed by atoms with Crippen LogP contribution in [0.25, 0.3) is 5.69 Å². The molecule has 0 aliphatic rings. The minimum Gasteiger partial charge on any atom is -0.487 e. The molecule has 178 valence electrons. The van der Waals surface area contributed by atoms with Crippen molar-refractivity contribution in [2.45, 2.75) is 20.5 Å². The number of nitrogens with one attached hydrogen (secondary N) is 1. The summed E-state index contributed by atoms with van der Waals surface area (Å²) in [6.07, 6.45) is 1.61. The van der Waals surface area contributed by atoms with Gasteiger partial charge in [-0.25, -0.2) is 5.43 Å². The first-order valence-electron chi connectivity index (χ1n) is 10.8. The summed E-state index contributed by atoms with van der Waals surface area (Å²) in [5.41, 5.74) is 8.00. The fourth-order valence-corrected chi connectivity index (χ4v) is 6.04. The van der Waals surface area contributed by atoms with E-state index >= 15 is 0 Å². The molecule has 0 aliphatic heterocycles. The van der Waals surface area contributed by atoms with Gasteiger partial charge >= 0.3 is 0 Å². The van der Waals surface area contributed by atoms with Crippen molar-refractivity contribution in [2.24, 2.45) is 5.10 Å². The largest absolute Gasteiger partial charge is 0.487 e. The van der Waals surface area contributed by atoms with Gasteiger partial charge in [0.05, 0.1) is 23.9 Å². The molecule has 3 aromatic carbocycles. The fraction of sp³-hybridized carbons (Fsp3) is 0.111. The predicted molar refractivity (Wildman–Crippen MR) is 158 cm³/mol. The maximum Gasteiger partial charge on any atom is 0.272 e. The van der Waals surface area contributed by atoms with Gasteiger partial charge in [-0.2, -0.15) is 5.10 Å². The second kappa shape index (κ2) is 11.6. The molecule has 1 heterocycles. The molecule has 0 atom stereocenters. The highest BCUT2D eigenvalue weighted by Gasteiger charge is 2.13. The molecule has 0 radical (unpaired) electrons. The molecule has 0 unspecified atom stereocenters. The number of hydrazone groups is 1. The molecular weight excluding hydrogens is 688 g/mol. The van der Waals surface area contributed by atoms with E-state index in [9.17, 15) is 4.79 Å². The number of carbonyl (C=O) groups is 1. The van der Waals surface area contributed by atoms with Gasteiger partial charge in [-0.05, 0) is 113 Å². The molecule has 8 heteroatoms. The summed E-state index contributed by atoms with van der Waals surface area (Å²) in [6.45, 7) is 4.56. The van der Waals surface area contributed by atoms with Crippen LogP contribution in [0.3, 0.4) is 0 Å². The number of nitrogens with zero attached hydrogens (tertiary/aromatic N) is 2. The van der Waals surface area contributed by atoms with Crippen LogP contribution < -0.4 is 10.2 Å². The maximum absolute atomic E-state index is 12.7. The van der Waals surface area contributed by atoms with E-state index in [0.717, 1.165) is 41.1 Å². The Balaban J connectivity index is 1.42. The Labute approximate surface area is 236 Å². The topological polar surface area (TPSA) is 55.6 Å². The summed E-state index contributed by atoms with van der Waals surface area (Å²) in [4.78, 5) is 12.7. The number of carbonyl (C=O) groups excluding carboxylic acids is 1. The lowest BCUT2D eigenvalue weighted by atomic mass is 10.2. The van der Waals surface area contributed by atoms with Gasteiger partial charge in [0.15, 0.2) is 0 Å². The van der Waals surface area contributed by atoms with Crippen molar-refractivity contribution in [3.8, 4) is 11.4 Å². The van der Waals surface area contributed by atoms with E-state index in [2.05, 4.69) is 60.3 Å². The summed E-state index contributed by atoms with van der Waals surface area (Å²) in [6, 6.07) is 23.4. The molecule has 4 rings (SSSR count). The van der Waals surface area contributed by atoms with Gasteiger partial charge in [0.25, 0.3) is 5.91 Å². The van der Waals surface area contributed by atoms with Crippen molar-refractivity contribution in [2.75, 3.05) is 0 Å². The van der Waals surface area contributed by atoms with Gasteiger partial charge in [0, 0.05) is 17.1 Å². The zero-order valence-corrected chi connectivity index (χ0v) is 24.1. The lowest BCUT2D eigenvalue weighted by Gasteiger charge is -2.12. The quantitative estimate of drug-likeness (QED) is 0.125. The molecule has 1 aromatic heterocycles. The minimum atomic E-state index is -0.369. The normalized spacial score (nSPS) is 11.1. The summed E-state index contributed by atoms with van der Waals surface area (Å²) in [7, 11) is 0. The molecule has 5 nitrogen and oxygen atoms in total. The molecular formula is C27H22ClI2N3O2. The minimum absolute atomic E-state index is 0.365. The van der Waals surface area contributed by atoms with Crippen LogP contribution in [0.4, 0.5) is 0 Å². The summed E-state index contributed by atoms with van der Waals surface area (Å²) >= 11 is 10.9. The Morgan fingerprint density at radius 3 is 2.29 bits per heavy atom. The van der Waals surface area contributed by atoms with Gasteiger partial charge in [0.1, 0.15) is 12.4 Å². The Morgan fingerprint density at radius 2 is 1.66 bits per heavy atom. The third kappa shape index (κ3) is 6.25. The molecule has 1 N–H and O–H groups in total. The van der Waals surface area contributed by atoms with Crippen molar-refractivity contribution in [1.82, 2.24) is 9.99 Å². The highest BCUT2D eigenvalue weighted by molar-refractivity contribution is 14.1. The summed E-state index contributed by atoms with van der Waals surface area (Å²) < 4.78 is 10.0. The van der Waals surface area contributed by atoms with E-state index in [1.165, 1.54) is 0 Å². The van der Waals surface area contributed by atoms with Crippen molar-refractivity contribution in [3.05, 3.63) is 113 Å². The van der Waals surface area contributed by atoms with Gasteiger partial charge in [-0.1, -0.05) is 41.9 Å². The smallest absolute Gasteiger partial charge is 0.272 e. The van der Waals surface area contributed by atoms with Gasteiger partial charge in [-0.15, -0.1) is 0 Å². The Morgan fingerprint density at radius 1 is 1.00 bits per heavy atom. The lowest BCUT2D eigenvalue weighted by Crippen LogP contribution is -2.18. The van der Waals surface area contributed by atoms with Crippen LogP contribution in [-0.4, -0.2) is 16.7 Å². The first-order valence-corrected chi connectivity index (χ1v) is 13.3. The maximum atomic E-state index is 12.7. The van der Waals surface area contributed by atoms with Crippen LogP contribution in [0.15, 0.2) is 77.9 Å². The van der Waals surface area contributed by atoms with Crippen LogP contribution in [0.5, 0.6) is 5.75 Å². The van der Waals surface area contributed by atoms with Crippen LogP contribution in [0, 0.1) is 21.0 Å². The molecule has 0 bridgehead atoms. The van der Waals surface area contributed by atoms with Crippen LogP contribution in [0.2, 0.25) is 5.02 Å². The van der Waals surface area contributed by atoms with E-state index in [1.54, 1.807) is 18.3 Å². The number of hydrogen-bond acceptors (Lipinski definition) is 3. The molecule has 1 amide bonds. The molecule has 4 aromatic rings. The van der Waals surface area contributed by atoms with Crippen molar-refractivity contribution < 1.29 is 9.53 Å². The SMILES string of the molecule is Cc1ccc(C)n1-c1ccc(C(=O)N/N=C\c2cc(I)c(OCc3ccccc3)c(I)c2)c(Cl)c1. The second-order valence-electron chi connectivity index (χ2n) is 7.90. The third-order valence-corrected chi connectivity index (χ3v) is 7.27. The number of benzene rings is 3. The van der Waals surface area contributed by atoms with Gasteiger partial charge < -0.3 is 9.30 Å². The van der Waals surface area contributed by atoms with Crippen LogP contribution in [0.1, 0.15) is 32.9 Å². The number of hydrogen-bond donors (Lipinski definition) is 1. The summed E-state index contributed by atoms with van der Waals surface area (Å²) in [5, 5.41) is 4.50.